The summed E-state index contributed by atoms with van der Waals surface area (Å²) in [6, 6.07) is 7.84. The largest absolute Gasteiger partial charge is 0.491 e. The van der Waals surface area contributed by atoms with Crippen LogP contribution in [0.15, 0.2) is 24.3 Å². The first-order valence-corrected chi connectivity index (χ1v) is 7.04. The average Bonchev–Trinajstić information content (AvgIpc) is 2.35. The molecule has 0 aliphatic carbocycles. The predicted molar refractivity (Wildman–Crippen MR) is 81.2 cm³/mol. The van der Waals surface area contributed by atoms with Crippen LogP contribution >= 0.6 is 11.6 Å². The van der Waals surface area contributed by atoms with Crippen LogP contribution in [0, 0.1) is 0 Å². The molecule has 3 heteroatoms. The Labute approximate surface area is 119 Å². The van der Waals surface area contributed by atoms with Gasteiger partial charge >= 0.3 is 0 Å². The van der Waals surface area contributed by atoms with Crippen molar-refractivity contribution in [3.8, 4) is 5.75 Å². The molecule has 0 saturated heterocycles. The molecule has 0 saturated carbocycles. The van der Waals surface area contributed by atoms with Gasteiger partial charge in [0.25, 0.3) is 0 Å². The molecule has 2 rings (SSSR count). The van der Waals surface area contributed by atoms with Crippen molar-refractivity contribution in [2.45, 2.75) is 39.5 Å². The average molecular weight is 278 g/mol. The zero-order valence-electron chi connectivity index (χ0n) is 12.0. The normalized spacial score (nSPS) is 11.8. The van der Waals surface area contributed by atoms with Crippen LogP contribution in [0.1, 0.15) is 39.8 Å². The van der Waals surface area contributed by atoms with Gasteiger partial charge in [-0.1, -0.05) is 51.4 Å². The first-order valence-electron chi connectivity index (χ1n) is 6.66. The second kappa shape index (κ2) is 5.38. The number of rotatable bonds is 3. The van der Waals surface area contributed by atoms with E-state index >= 15 is 0 Å². The maximum absolute atomic E-state index is 6.38. The van der Waals surface area contributed by atoms with E-state index in [0.29, 0.717) is 6.61 Å². The summed E-state index contributed by atoms with van der Waals surface area (Å²) in [5.74, 6) is 0.812. The molecular weight excluding hydrogens is 258 g/mol. The predicted octanol–water partition coefficient (Wildman–Crippen LogP) is 4.97. The van der Waals surface area contributed by atoms with Gasteiger partial charge in [0, 0.05) is 16.5 Å². The number of halogens is 1. The highest BCUT2D eigenvalue weighted by molar-refractivity contribution is 6.35. The number of hydrogen-bond donors (Lipinski definition) is 0. The van der Waals surface area contributed by atoms with Gasteiger partial charge in [-0.2, -0.15) is 0 Å². The summed E-state index contributed by atoms with van der Waals surface area (Å²) < 4.78 is 5.77. The van der Waals surface area contributed by atoms with Gasteiger partial charge in [-0.15, -0.1) is 0 Å². The molecule has 0 N–H and O–H groups in total. The van der Waals surface area contributed by atoms with E-state index in [2.05, 4.69) is 27.7 Å². The van der Waals surface area contributed by atoms with E-state index in [4.69, 9.17) is 21.3 Å². The summed E-state index contributed by atoms with van der Waals surface area (Å²) in [7, 11) is 0. The lowest BCUT2D eigenvalue weighted by Gasteiger charge is -2.19. The second-order valence-electron chi connectivity index (χ2n) is 5.74. The molecule has 0 radical (unpaired) electrons. The fourth-order valence-corrected chi connectivity index (χ4v) is 2.15. The number of fused-ring (bicyclic) bond motifs is 1. The Morgan fingerprint density at radius 3 is 2.63 bits per heavy atom. The van der Waals surface area contributed by atoms with Crippen LogP contribution in [0.25, 0.3) is 10.9 Å². The van der Waals surface area contributed by atoms with E-state index in [0.717, 1.165) is 33.8 Å². The third kappa shape index (κ3) is 3.01. The van der Waals surface area contributed by atoms with Gasteiger partial charge in [0.2, 0.25) is 0 Å². The summed E-state index contributed by atoms with van der Waals surface area (Å²) in [6.07, 6.45) is 0.975. The Hall–Kier alpha value is -1.28. The maximum Gasteiger partial charge on any atom is 0.145 e. The van der Waals surface area contributed by atoms with Gasteiger partial charge in [0.1, 0.15) is 11.3 Å². The van der Waals surface area contributed by atoms with E-state index < -0.39 is 0 Å². The van der Waals surface area contributed by atoms with E-state index in [1.54, 1.807) is 0 Å². The molecule has 0 spiro atoms. The van der Waals surface area contributed by atoms with E-state index in [9.17, 15) is 0 Å². The van der Waals surface area contributed by atoms with Gasteiger partial charge in [-0.05, 0) is 18.6 Å². The third-order valence-corrected chi connectivity index (χ3v) is 3.29. The number of nitrogens with zero attached hydrogens (tertiary/aromatic N) is 1. The van der Waals surface area contributed by atoms with Crippen LogP contribution < -0.4 is 4.74 Å². The first-order chi connectivity index (χ1) is 8.93. The molecule has 0 aliphatic heterocycles. The second-order valence-corrected chi connectivity index (χ2v) is 6.15. The van der Waals surface area contributed by atoms with Crippen LogP contribution in [-0.4, -0.2) is 11.6 Å². The monoisotopic (exact) mass is 277 g/mol. The fraction of sp³-hybridized carbons (Fsp3) is 0.438. The standard InChI is InChI=1S/C16H20ClNO/c1-5-9-19-13-8-6-7-11-12(17)10-14(16(2,3)4)18-15(11)13/h6-8,10H,5,9H2,1-4H3. The lowest BCUT2D eigenvalue weighted by Crippen LogP contribution is -2.13. The summed E-state index contributed by atoms with van der Waals surface area (Å²) in [4.78, 5) is 4.75. The van der Waals surface area contributed by atoms with Crippen LogP contribution in [0.2, 0.25) is 5.02 Å². The molecule has 0 aliphatic rings. The van der Waals surface area contributed by atoms with Crippen molar-refractivity contribution >= 4 is 22.5 Å². The van der Waals surface area contributed by atoms with E-state index in [1.807, 2.05) is 24.3 Å². The summed E-state index contributed by atoms with van der Waals surface area (Å²) in [6.45, 7) is 9.18. The molecule has 0 bridgehead atoms. The summed E-state index contributed by atoms with van der Waals surface area (Å²) in [5, 5.41) is 1.68. The molecule has 1 aromatic heterocycles. The van der Waals surface area contributed by atoms with Crippen LogP contribution in [-0.2, 0) is 5.41 Å². The Balaban J connectivity index is 2.62. The Kier molecular flexibility index (Phi) is 4.00. The number of benzene rings is 1. The van der Waals surface area contributed by atoms with Gasteiger partial charge in [0.05, 0.1) is 11.6 Å². The quantitative estimate of drug-likeness (QED) is 0.790. The highest BCUT2D eigenvalue weighted by Gasteiger charge is 2.18. The van der Waals surface area contributed by atoms with Crippen molar-refractivity contribution in [1.82, 2.24) is 4.98 Å². The molecular formula is C16H20ClNO. The SMILES string of the molecule is CCCOc1cccc2c(Cl)cc(C(C)(C)C)nc12. The molecule has 0 amide bonds. The minimum atomic E-state index is -0.0320. The zero-order chi connectivity index (χ0) is 14.0. The number of hydrogen-bond acceptors (Lipinski definition) is 2. The molecule has 1 heterocycles. The smallest absolute Gasteiger partial charge is 0.145 e. The number of para-hydroxylation sites is 1. The van der Waals surface area contributed by atoms with Gasteiger partial charge < -0.3 is 4.74 Å². The molecule has 102 valence electrons. The minimum Gasteiger partial charge on any atom is -0.491 e. The van der Waals surface area contributed by atoms with Crippen LogP contribution in [0.3, 0.4) is 0 Å². The lowest BCUT2D eigenvalue weighted by atomic mass is 9.91. The zero-order valence-corrected chi connectivity index (χ0v) is 12.7. The Bertz CT molecular complexity index is 587. The Morgan fingerprint density at radius 2 is 2.00 bits per heavy atom. The molecule has 0 atom stereocenters. The number of pyridine rings is 1. The highest BCUT2D eigenvalue weighted by atomic mass is 35.5. The number of ether oxygens (including phenoxy) is 1. The van der Waals surface area contributed by atoms with Crippen molar-refractivity contribution < 1.29 is 4.74 Å². The van der Waals surface area contributed by atoms with Crippen molar-refractivity contribution in [2.75, 3.05) is 6.61 Å². The van der Waals surface area contributed by atoms with Crippen molar-refractivity contribution in [2.24, 2.45) is 0 Å². The molecule has 0 fully saturated rings. The summed E-state index contributed by atoms with van der Waals surface area (Å²) >= 11 is 6.38. The van der Waals surface area contributed by atoms with Gasteiger partial charge in [0.15, 0.2) is 0 Å². The molecule has 2 aromatic rings. The molecule has 2 nitrogen and oxygen atoms in total. The van der Waals surface area contributed by atoms with Crippen molar-refractivity contribution in [3.63, 3.8) is 0 Å². The van der Waals surface area contributed by atoms with Crippen LogP contribution in [0.4, 0.5) is 0 Å². The highest BCUT2D eigenvalue weighted by Crippen LogP contribution is 2.33. The topological polar surface area (TPSA) is 22.1 Å². The lowest BCUT2D eigenvalue weighted by molar-refractivity contribution is 0.320. The minimum absolute atomic E-state index is 0.0320. The molecule has 1 aromatic carbocycles. The van der Waals surface area contributed by atoms with Crippen LogP contribution in [0.5, 0.6) is 5.75 Å². The Morgan fingerprint density at radius 1 is 1.26 bits per heavy atom. The summed E-state index contributed by atoms with van der Waals surface area (Å²) in [5.41, 5.74) is 1.81. The number of aromatic nitrogens is 1. The third-order valence-electron chi connectivity index (χ3n) is 2.98. The van der Waals surface area contributed by atoms with Gasteiger partial charge in [-0.3, -0.25) is 0 Å². The maximum atomic E-state index is 6.38. The van der Waals surface area contributed by atoms with E-state index in [-0.39, 0.29) is 5.41 Å². The van der Waals surface area contributed by atoms with Crippen molar-refractivity contribution in [3.05, 3.63) is 35.0 Å². The van der Waals surface area contributed by atoms with Crippen molar-refractivity contribution in [1.29, 1.82) is 0 Å². The molecule has 19 heavy (non-hydrogen) atoms. The fourth-order valence-electron chi connectivity index (χ4n) is 1.89. The first kappa shape index (κ1) is 14.1. The van der Waals surface area contributed by atoms with E-state index in [1.165, 1.54) is 0 Å². The molecule has 0 unspecified atom stereocenters. The van der Waals surface area contributed by atoms with Gasteiger partial charge in [-0.25, -0.2) is 4.98 Å².